The van der Waals surface area contributed by atoms with Crippen molar-refractivity contribution >= 4 is 0 Å². The van der Waals surface area contributed by atoms with Gasteiger partial charge in [0.2, 0.25) is 0 Å². The highest BCUT2D eigenvalue weighted by molar-refractivity contribution is 4.49. The van der Waals surface area contributed by atoms with Gasteiger partial charge in [0.25, 0.3) is 0 Å². The van der Waals surface area contributed by atoms with E-state index < -0.39 is 0 Å². The largest absolute Gasteiger partial charge is 0.633 e. The van der Waals surface area contributed by atoms with Crippen molar-refractivity contribution < 1.29 is 9.85 Å². The molecule has 0 saturated heterocycles. The molecule has 4 nitrogen and oxygen atoms in total. The van der Waals surface area contributed by atoms with Gasteiger partial charge < -0.3 is 15.1 Å². The minimum atomic E-state index is -0.127. The van der Waals surface area contributed by atoms with Crippen molar-refractivity contribution in [3.8, 4) is 0 Å². The van der Waals surface area contributed by atoms with Crippen LogP contribution >= 0.6 is 0 Å². The predicted octanol–water partition coefficient (Wildman–Crippen LogP) is 5.38. The maximum absolute atomic E-state index is 11.4. The molecule has 0 radical (unpaired) electrons. The molecule has 0 fully saturated rings. The van der Waals surface area contributed by atoms with Crippen LogP contribution in [0.2, 0.25) is 0 Å². The smallest absolute Gasteiger partial charge is 0.0779 e. The molecule has 0 amide bonds. The normalized spacial score (nSPS) is 11.2. The monoisotopic (exact) mass is 318 g/mol. The third kappa shape index (κ3) is 24.8. The van der Waals surface area contributed by atoms with Gasteiger partial charge >= 0.3 is 0 Å². The van der Waals surface area contributed by atoms with Gasteiger partial charge in [0.1, 0.15) is 0 Å². The molecule has 0 spiro atoms. The third-order valence-electron chi connectivity index (χ3n) is 4.05. The molecule has 0 aliphatic carbocycles. The van der Waals surface area contributed by atoms with Crippen LogP contribution < -0.4 is 5.90 Å². The second-order valence-electron chi connectivity index (χ2n) is 6.89. The SMILES string of the molecule is CCCCCCCCCCCCCCCC[N+](C)(C)[O-].NO. The summed E-state index contributed by atoms with van der Waals surface area (Å²) in [5.41, 5.74) is 0. The minimum Gasteiger partial charge on any atom is -0.633 e. The van der Waals surface area contributed by atoms with Crippen LogP contribution in [-0.4, -0.2) is 30.5 Å². The molecule has 0 aromatic carbocycles. The highest BCUT2D eigenvalue weighted by Gasteiger charge is 2.00. The Hall–Kier alpha value is -0.160. The van der Waals surface area contributed by atoms with Crippen LogP contribution in [0.3, 0.4) is 0 Å². The molecular weight excluding hydrogens is 276 g/mol. The molecule has 0 heterocycles. The average Bonchev–Trinajstić information content (AvgIpc) is 2.48. The minimum absolute atomic E-state index is 0.127. The van der Waals surface area contributed by atoms with Crippen LogP contribution in [0, 0.1) is 5.21 Å². The van der Waals surface area contributed by atoms with Crippen LogP contribution in [0.5, 0.6) is 0 Å². The molecule has 136 valence electrons. The lowest BCUT2D eigenvalue weighted by molar-refractivity contribution is -0.840. The maximum atomic E-state index is 11.4. The quantitative estimate of drug-likeness (QED) is 0.242. The van der Waals surface area contributed by atoms with Crippen LogP contribution in [0.4, 0.5) is 0 Å². The van der Waals surface area contributed by atoms with Crippen molar-refractivity contribution in [3.05, 3.63) is 5.21 Å². The summed E-state index contributed by atoms with van der Waals surface area (Å²) in [6.07, 6.45) is 19.2. The van der Waals surface area contributed by atoms with E-state index in [1.165, 1.54) is 83.5 Å². The molecule has 22 heavy (non-hydrogen) atoms. The third-order valence-corrected chi connectivity index (χ3v) is 4.05. The molecule has 0 unspecified atom stereocenters. The second-order valence-corrected chi connectivity index (χ2v) is 6.89. The standard InChI is InChI=1S/C18H39NO.H3NO/c1-4-5-6-7-8-9-10-11-12-13-14-15-16-17-18-19(2,3)20;1-2/h4-18H2,1-3H3;2H,1H2. The van der Waals surface area contributed by atoms with E-state index in [2.05, 4.69) is 12.8 Å². The van der Waals surface area contributed by atoms with Crippen LogP contribution in [0.25, 0.3) is 0 Å². The summed E-state index contributed by atoms with van der Waals surface area (Å²) in [6.45, 7) is 3.05. The Morgan fingerprint density at radius 3 is 1.18 bits per heavy atom. The molecule has 0 aromatic heterocycles. The van der Waals surface area contributed by atoms with Crippen molar-refractivity contribution in [3.63, 3.8) is 0 Å². The van der Waals surface area contributed by atoms with E-state index in [9.17, 15) is 5.21 Å². The Bertz CT molecular complexity index is 194. The van der Waals surface area contributed by atoms with Gasteiger partial charge in [0, 0.05) is 0 Å². The number of unbranched alkanes of at least 4 members (excludes halogenated alkanes) is 13. The Labute approximate surface area is 139 Å². The topological polar surface area (TPSA) is 69.3 Å². The lowest BCUT2D eigenvalue weighted by atomic mass is 10.0. The van der Waals surface area contributed by atoms with E-state index in [1.807, 2.05) is 0 Å². The Balaban J connectivity index is 0. The zero-order valence-corrected chi connectivity index (χ0v) is 15.5. The van der Waals surface area contributed by atoms with E-state index in [4.69, 9.17) is 5.21 Å². The molecule has 0 bridgehead atoms. The highest BCUT2D eigenvalue weighted by atomic mass is 16.5. The van der Waals surface area contributed by atoms with Gasteiger partial charge in [-0.1, -0.05) is 84.0 Å². The lowest BCUT2D eigenvalue weighted by Gasteiger charge is -2.33. The van der Waals surface area contributed by atoms with E-state index in [0.29, 0.717) is 0 Å². The first kappa shape index (κ1) is 24.1. The summed E-state index contributed by atoms with van der Waals surface area (Å²) >= 11 is 0. The summed E-state index contributed by atoms with van der Waals surface area (Å²) in [5.74, 6) is 3.50. The van der Waals surface area contributed by atoms with Gasteiger partial charge in [0.15, 0.2) is 0 Å². The molecule has 0 atom stereocenters. The van der Waals surface area contributed by atoms with Gasteiger partial charge in [-0.2, -0.15) is 0 Å². The fourth-order valence-corrected chi connectivity index (χ4v) is 2.69. The van der Waals surface area contributed by atoms with Gasteiger partial charge in [-0.15, -0.1) is 0 Å². The van der Waals surface area contributed by atoms with Crippen LogP contribution in [-0.2, 0) is 0 Å². The van der Waals surface area contributed by atoms with E-state index in [0.717, 1.165) is 13.0 Å². The molecule has 0 aliphatic heterocycles. The summed E-state index contributed by atoms with van der Waals surface area (Å²) in [7, 11) is 3.48. The Morgan fingerprint density at radius 2 is 0.909 bits per heavy atom. The van der Waals surface area contributed by atoms with Crippen molar-refractivity contribution in [1.82, 2.24) is 0 Å². The van der Waals surface area contributed by atoms with Gasteiger partial charge in [0.05, 0.1) is 20.6 Å². The lowest BCUT2D eigenvalue weighted by Crippen LogP contribution is -2.32. The van der Waals surface area contributed by atoms with Crippen LogP contribution in [0.15, 0.2) is 0 Å². The zero-order chi connectivity index (χ0) is 17.1. The first-order valence-corrected chi connectivity index (χ1v) is 9.36. The highest BCUT2D eigenvalue weighted by Crippen LogP contribution is 2.13. The van der Waals surface area contributed by atoms with Crippen molar-refractivity contribution in [2.24, 2.45) is 5.90 Å². The van der Waals surface area contributed by atoms with Gasteiger partial charge in [-0.25, -0.2) is 5.90 Å². The number of hydrogen-bond donors (Lipinski definition) is 2. The number of nitrogens with two attached hydrogens (primary N) is 1. The fourth-order valence-electron chi connectivity index (χ4n) is 2.69. The summed E-state index contributed by atoms with van der Waals surface area (Å²) in [5, 5.41) is 17.9. The number of hydrogen-bond acceptors (Lipinski definition) is 3. The molecule has 4 heteroatoms. The number of nitrogens with zero attached hydrogens (tertiary/aromatic N) is 1. The van der Waals surface area contributed by atoms with E-state index in [-0.39, 0.29) is 4.65 Å². The average molecular weight is 319 g/mol. The van der Waals surface area contributed by atoms with Gasteiger partial charge in [-0.3, -0.25) is 0 Å². The molecule has 0 aromatic rings. The van der Waals surface area contributed by atoms with E-state index in [1.54, 1.807) is 14.1 Å². The summed E-state index contributed by atoms with van der Waals surface area (Å²) < 4.78 is -0.127. The van der Waals surface area contributed by atoms with Crippen molar-refractivity contribution in [2.45, 2.75) is 96.8 Å². The summed E-state index contributed by atoms with van der Waals surface area (Å²) in [6, 6.07) is 0. The zero-order valence-electron chi connectivity index (χ0n) is 15.5. The van der Waals surface area contributed by atoms with Crippen molar-refractivity contribution in [2.75, 3.05) is 20.6 Å². The number of rotatable bonds is 15. The molecule has 0 aliphatic rings. The molecule has 0 saturated carbocycles. The van der Waals surface area contributed by atoms with Crippen molar-refractivity contribution in [1.29, 1.82) is 0 Å². The Kier molecular flexibility index (Phi) is 20.7. The first-order valence-electron chi connectivity index (χ1n) is 9.36. The van der Waals surface area contributed by atoms with E-state index >= 15 is 0 Å². The fraction of sp³-hybridized carbons (Fsp3) is 1.00. The van der Waals surface area contributed by atoms with Crippen LogP contribution in [0.1, 0.15) is 96.8 Å². The molecule has 3 N–H and O–H groups in total. The first-order chi connectivity index (χ1) is 10.6. The van der Waals surface area contributed by atoms with Gasteiger partial charge in [-0.05, 0) is 12.8 Å². The predicted molar refractivity (Wildman–Crippen MR) is 96.6 cm³/mol. The number of hydroxylamine groups is 3. The number of quaternary nitrogens is 1. The second kappa shape index (κ2) is 18.9. The summed E-state index contributed by atoms with van der Waals surface area (Å²) in [4.78, 5) is 0. The molecular formula is C18H42N2O2. The molecule has 0 rings (SSSR count). The maximum Gasteiger partial charge on any atom is 0.0779 e. The Morgan fingerprint density at radius 1 is 0.636 bits per heavy atom.